The predicted octanol–water partition coefficient (Wildman–Crippen LogP) is 6.56. The van der Waals surface area contributed by atoms with Crippen LogP contribution < -0.4 is 15.3 Å². The number of esters is 1. The highest BCUT2D eigenvalue weighted by Gasteiger charge is 2.23. The van der Waals surface area contributed by atoms with Crippen LogP contribution in [-0.4, -0.2) is 37.0 Å². The molecule has 0 aliphatic carbocycles. The number of carbonyl (C=O) groups excluding carboxylic acids is 1. The van der Waals surface area contributed by atoms with Crippen LogP contribution in [0.2, 0.25) is 5.02 Å². The lowest BCUT2D eigenvalue weighted by Crippen LogP contribution is -2.46. The first-order valence-corrected chi connectivity index (χ1v) is 13.0. The Morgan fingerprint density at radius 1 is 0.974 bits per heavy atom. The lowest BCUT2D eigenvalue weighted by atomic mass is 9.99. The van der Waals surface area contributed by atoms with E-state index in [9.17, 15) is 9.59 Å². The predicted molar refractivity (Wildman–Crippen MR) is 155 cm³/mol. The first-order valence-electron chi connectivity index (χ1n) is 12.6. The van der Waals surface area contributed by atoms with Gasteiger partial charge in [0.25, 0.3) is 0 Å². The summed E-state index contributed by atoms with van der Waals surface area (Å²) in [4.78, 5) is 30.0. The zero-order chi connectivity index (χ0) is 25.8. The molecule has 0 saturated carbocycles. The number of piperazine rings is 1. The van der Waals surface area contributed by atoms with Gasteiger partial charge in [-0.05, 0) is 35.7 Å². The van der Waals surface area contributed by atoms with Crippen LogP contribution in [-0.2, 0) is 11.3 Å². The van der Waals surface area contributed by atoms with Crippen molar-refractivity contribution in [3.63, 3.8) is 0 Å². The summed E-state index contributed by atoms with van der Waals surface area (Å²) in [5.74, 6) is -0.543. The minimum Gasteiger partial charge on any atom is -0.420 e. The maximum absolute atomic E-state index is 12.9. The Labute approximate surface area is 233 Å². The van der Waals surface area contributed by atoms with Crippen molar-refractivity contribution >= 4 is 46.6 Å². The average molecular weight is 553 g/mol. The molecule has 0 atom stereocenters. The summed E-state index contributed by atoms with van der Waals surface area (Å²) in [6.07, 6.45) is 0.836. The number of rotatable bonds is 7. The van der Waals surface area contributed by atoms with E-state index in [2.05, 4.69) is 34.1 Å². The number of para-hydroxylation sites is 1. The molecule has 198 valence electrons. The molecule has 3 aromatic carbocycles. The van der Waals surface area contributed by atoms with Gasteiger partial charge in [-0.1, -0.05) is 67.1 Å². The van der Waals surface area contributed by atoms with E-state index in [1.165, 1.54) is 5.69 Å². The highest BCUT2D eigenvalue weighted by molar-refractivity contribution is 6.32. The fourth-order valence-electron chi connectivity index (χ4n) is 4.77. The Kier molecular flexibility index (Phi) is 9.10. The molecule has 6 nitrogen and oxygen atoms in total. The van der Waals surface area contributed by atoms with Crippen LogP contribution in [0.25, 0.3) is 22.1 Å². The molecule has 1 aliphatic heterocycles. The van der Waals surface area contributed by atoms with Crippen LogP contribution in [0.4, 0.5) is 5.69 Å². The second-order valence-corrected chi connectivity index (χ2v) is 9.63. The molecule has 0 amide bonds. The number of benzene rings is 3. The van der Waals surface area contributed by atoms with Crippen LogP contribution in [0.3, 0.4) is 0 Å². The van der Waals surface area contributed by atoms with Crippen molar-refractivity contribution in [1.82, 2.24) is 4.90 Å². The van der Waals surface area contributed by atoms with Crippen molar-refractivity contribution in [2.75, 3.05) is 31.1 Å². The van der Waals surface area contributed by atoms with E-state index >= 15 is 0 Å². The third-order valence-corrected chi connectivity index (χ3v) is 7.00. The zero-order valence-corrected chi connectivity index (χ0v) is 22.8. The van der Waals surface area contributed by atoms with Crippen molar-refractivity contribution in [3.8, 4) is 16.9 Å². The van der Waals surface area contributed by atoms with E-state index in [4.69, 9.17) is 20.8 Å². The van der Waals surface area contributed by atoms with Crippen molar-refractivity contribution in [1.29, 1.82) is 0 Å². The molecular formula is C30H30Cl2N2O4. The molecule has 38 heavy (non-hydrogen) atoms. The molecule has 0 bridgehead atoms. The van der Waals surface area contributed by atoms with Gasteiger partial charge in [0.15, 0.2) is 0 Å². The van der Waals surface area contributed by atoms with Crippen molar-refractivity contribution in [3.05, 3.63) is 93.8 Å². The molecule has 0 radical (unpaired) electrons. The summed E-state index contributed by atoms with van der Waals surface area (Å²) in [5.41, 5.74) is 3.14. The second-order valence-electron chi connectivity index (χ2n) is 9.22. The molecule has 4 aromatic rings. The Bertz CT molecular complexity index is 1450. The number of anilines is 1. The minimum absolute atomic E-state index is 0. The Morgan fingerprint density at radius 2 is 1.63 bits per heavy atom. The van der Waals surface area contributed by atoms with Gasteiger partial charge in [0.1, 0.15) is 5.58 Å². The maximum Gasteiger partial charge on any atom is 0.380 e. The smallest absolute Gasteiger partial charge is 0.380 e. The van der Waals surface area contributed by atoms with Crippen LogP contribution in [0, 0.1) is 0 Å². The second kappa shape index (κ2) is 12.5. The van der Waals surface area contributed by atoms with Gasteiger partial charge in [-0.3, -0.25) is 9.69 Å². The number of hydrogen-bond acceptors (Lipinski definition) is 6. The Morgan fingerprint density at radius 3 is 2.29 bits per heavy atom. The maximum atomic E-state index is 12.9. The quantitative estimate of drug-likeness (QED) is 0.191. The summed E-state index contributed by atoms with van der Waals surface area (Å²) in [6, 6.07) is 23.5. The fraction of sp³-hybridized carbons (Fsp3) is 0.267. The van der Waals surface area contributed by atoms with Gasteiger partial charge in [-0.15, -0.1) is 12.4 Å². The van der Waals surface area contributed by atoms with E-state index in [1.54, 1.807) is 6.07 Å². The topological polar surface area (TPSA) is 63.0 Å². The molecular weight excluding hydrogens is 523 g/mol. The van der Waals surface area contributed by atoms with E-state index in [0.717, 1.165) is 37.3 Å². The standard InChI is InChI=1S/C30H29ClN2O4.ClH/c1-2-9-27(34)37-29-28(21-10-5-3-6-11-21)24-18-22(25(31)19-26(24)36-30(29)35)20-32-14-16-33(17-15-32)23-12-7-4-8-13-23;/h3-8,10-13,18-19H,2,9,14-17,20H2,1H3;1H. The molecule has 1 saturated heterocycles. The Balaban J connectivity index is 0.00000336. The number of fused-ring (bicyclic) bond motifs is 1. The minimum atomic E-state index is -0.698. The van der Waals surface area contributed by atoms with Gasteiger partial charge in [0, 0.05) is 66.9 Å². The lowest BCUT2D eigenvalue weighted by Gasteiger charge is -2.36. The largest absolute Gasteiger partial charge is 0.420 e. The average Bonchev–Trinajstić information content (AvgIpc) is 2.91. The molecule has 0 N–H and O–H groups in total. The van der Waals surface area contributed by atoms with Crippen molar-refractivity contribution in [2.45, 2.75) is 26.3 Å². The van der Waals surface area contributed by atoms with Crippen molar-refractivity contribution in [2.24, 2.45) is 0 Å². The molecule has 0 spiro atoms. The van der Waals surface area contributed by atoms with Crippen LogP contribution in [0.5, 0.6) is 5.75 Å². The number of carbonyl (C=O) groups is 1. The third-order valence-electron chi connectivity index (χ3n) is 6.65. The summed E-state index contributed by atoms with van der Waals surface area (Å²) in [6.45, 7) is 6.21. The highest BCUT2D eigenvalue weighted by atomic mass is 35.5. The van der Waals surface area contributed by atoms with E-state index in [-0.39, 0.29) is 24.6 Å². The third kappa shape index (κ3) is 6.04. The molecule has 1 aromatic heterocycles. The molecule has 2 heterocycles. The monoisotopic (exact) mass is 552 g/mol. The fourth-order valence-corrected chi connectivity index (χ4v) is 4.98. The van der Waals surface area contributed by atoms with Gasteiger partial charge in [-0.25, -0.2) is 4.79 Å². The first-order chi connectivity index (χ1) is 18.0. The summed E-state index contributed by atoms with van der Waals surface area (Å²) >= 11 is 6.68. The molecule has 0 unspecified atom stereocenters. The van der Waals surface area contributed by atoms with Gasteiger partial charge < -0.3 is 14.1 Å². The van der Waals surface area contributed by atoms with Crippen LogP contribution >= 0.6 is 24.0 Å². The van der Waals surface area contributed by atoms with E-state index in [1.807, 2.05) is 49.4 Å². The summed E-state index contributed by atoms with van der Waals surface area (Å²) in [7, 11) is 0. The van der Waals surface area contributed by atoms with Gasteiger partial charge >= 0.3 is 11.6 Å². The first kappa shape index (κ1) is 27.7. The lowest BCUT2D eigenvalue weighted by molar-refractivity contribution is -0.134. The molecule has 1 fully saturated rings. The van der Waals surface area contributed by atoms with E-state index < -0.39 is 11.6 Å². The normalized spacial score (nSPS) is 13.8. The molecule has 1 aliphatic rings. The van der Waals surface area contributed by atoms with Gasteiger partial charge in [0.2, 0.25) is 5.75 Å². The molecule has 8 heteroatoms. The number of nitrogens with zero attached hydrogens (tertiary/aromatic N) is 2. The zero-order valence-electron chi connectivity index (χ0n) is 21.2. The van der Waals surface area contributed by atoms with E-state index in [0.29, 0.717) is 34.5 Å². The number of halogens is 2. The Hall–Kier alpha value is -3.32. The van der Waals surface area contributed by atoms with Gasteiger partial charge in [-0.2, -0.15) is 0 Å². The summed E-state index contributed by atoms with van der Waals surface area (Å²) < 4.78 is 11.1. The number of hydrogen-bond donors (Lipinski definition) is 0. The van der Waals surface area contributed by atoms with Gasteiger partial charge in [0.05, 0.1) is 0 Å². The summed E-state index contributed by atoms with van der Waals surface area (Å²) in [5, 5.41) is 1.23. The SMILES string of the molecule is CCCC(=O)Oc1c(-c2ccccc2)c2cc(CN3CCN(c4ccccc4)CC3)c(Cl)cc2oc1=O.Cl. The highest BCUT2D eigenvalue weighted by Crippen LogP contribution is 2.37. The van der Waals surface area contributed by atoms with Crippen LogP contribution in [0.1, 0.15) is 25.3 Å². The molecule has 5 rings (SSSR count). The number of ether oxygens (including phenoxy) is 1. The van der Waals surface area contributed by atoms with Crippen LogP contribution in [0.15, 0.2) is 82.0 Å². The van der Waals surface area contributed by atoms with Crippen molar-refractivity contribution < 1.29 is 13.9 Å².